The van der Waals surface area contributed by atoms with Crippen molar-refractivity contribution in [1.82, 2.24) is 9.88 Å². The number of nitrogens with zero attached hydrogens (tertiary/aromatic N) is 2. The Morgan fingerprint density at radius 3 is 2.85 bits per heavy atom. The molecule has 1 aromatic carbocycles. The quantitative estimate of drug-likeness (QED) is 0.866. The zero-order valence-electron chi connectivity index (χ0n) is 14.7. The molecule has 1 fully saturated rings. The summed E-state index contributed by atoms with van der Waals surface area (Å²) in [5.74, 6) is -0.427. The smallest absolute Gasteiger partial charge is 0.272 e. The lowest BCUT2D eigenvalue weighted by Crippen LogP contribution is -2.43. The average Bonchev–Trinajstić information content (AvgIpc) is 2.69. The number of hydrogen-bond donors (Lipinski definition) is 1. The molecule has 1 N–H and O–H groups in total. The van der Waals surface area contributed by atoms with Crippen LogP contribution >= 0.6 is 11.6 Å². The van der Waals surface area contributed by atoms with Crippen LogP contribution < -0.4 is 5.32 Å². The first kappa shape index (κ1) is 18.4. The van der Waals surface area contributed by atoms with Crippen molar-refractivity contribution < 1.29 is 9.59 Å². The molecule has 0 saturated carbocycles. The van der Waals surface area contributed by atoms with Crippen LogP contribution in [0.2, 0.25) is 5.02 Å². The summed E-state index contributed by atoms with van der Waals surface area (Å²) >= 11 is 6.08. The van der Waals surface area contributed by atoms with E-state index in [2.05, 4.69) is 17.2 Å². The van der Waals surface area contributed by atoms with Gasteiger partial charge in [-0.2, -0.15) is 0 Å². The molecule has 1 atom stereocenters. The van der Waals surface area contributed by atoms with Gasteiger partial charge in [-0.05, 0) is 49.9 Å². The van der Waals surface area contributed by atoms with Gasteiger partial charge in [-0.1, -0.05) is 30.7 Å². The minimum Gasteiger partial charge on any atom is -0.334 e. The number of aromatic nitrogens is 1. The molecule has 6 heteroatoms. The van der Waals surface area contributed by atoms with Gasteiger partial charge in [-0.15, -0.1) is 0 Å². The molecule has 0 aliphatic carbocycles. The van der Waals surface area contributed by atoms with Gasteiger partial charge in [0.1, 0.15) is 5.69 Å². The van der Waals surface area contributed by atoms with E-state index in [0.29, 0.717) is 22.0 Å². The number of piperidine rings is 1. The number of para-hydroxylation sites is 1. The fraction of sp³-hybridized carbons (Fsp3) is 0.350. The van der Waals surface area contributed by atoms with E-state index in [-0.39, 0.29) is 17.9 Å². The van der Waals surface area contributed by atoms with Crippen molar-refractivity contribution in [3.8, 4) is 0 Å². The Balaban J connectivity index is 1.78. The minimum atomic E-state index is -0.319. The molecule has 0 spiro atoms. The number of rotatable bonds is 4. The second-order valence-electron chi connectivity index (χ2n) is 6.42. The average molecular weight is 372 g/mol. The number of hydrogen-bond acceptors (Lipinski definition) is 3. The Kier molecular flexibility index (Phi) is 5.89. The van der Waals surface area contributed by atoms with Crippen LogP contribution in [0, 0.1) is 0 Å². The summed E-state index contributed by atoms with van der Waals surface area (Å²) in [5.41, 5.74) is 1.22. The third kappa shape index (κ3) is 4.05. The number of benzene rings is 1. The van der Waals surface area contributed by atoms with Crippen molar-refractivity contribution in [3.63, 3.8) is 0 Å². The third-order valence-corrected chi connectivity index (χ3v) is 5.05. The topological polar surface area (TPSA) is 62.3 Å². The SMILES string of the molecule is CCC1CCCCN1C(=O)c1cc(C(=O)Nc2ccccc2Cl)ccn1. The number of nitrogens with one attached hydrogen (secondary N) is 1. The van der Waals surface area contributed by atoms with Crippen LogP contribution in [-0.2, 0) is 0 Å². The first-order valence-electron chi connectivity index (χ1n) is 8.93. The first-order valence-corrected chi connectivity index (χ1v) is 9.31. The van der Waals surface area contributed by atoms with Crippen LogP contribution in [0.1, 0.15) is 53.5 Å². The number of likely N-dealkylation sites (tertiary alicyclic amines) is 1. The van der Waals surface area contributed by atoms with E-state index in [1.54, 1.807) is 36.4 Å². The Morgan fingerprint density at radius 1 is 1.27 bits per heavy atom. The van der Waals surface area contributed by atoms with Gasteiger partial charge < -0.3 is 10.2 Å². The molecule has 2 amide bonds. The van der Waals surface area contributed by atoms with Gasteiger partial charge >= 0.3 is 0 Å². The molecule has 0 bridgehead atoms. The van der Waals surface area contributed by atoms with E-state index in [1.165, 1.54) is 6.20 Å². The molecule has 136 valence electrons. The molecule has 5 nitrogen and oxygen atoms in total. The van der Waals surface area contributed by atoms with Gasteiger partial charge in [0, 0.05) is 24.3 Å². The van der Waals surface area contributed by atoms with Crippen LogP contribution in [0.5, 0.6) is 0 Å². The van der Waals surface area contributed by atoms with Crippen LogP contribution in [0.15, 0.2) is 42.6 Å². The first-order chi connectivity index (χ1) is 12.6. The fourth-order valence-electron chi connectivity index (χ4n) is 3.29. The van der Waals surface area contributed by atoms with Crippen molar-refractivity contribution >= 4 is 29.1 Å². The third-order valence-electron chi connectivity index (χ3n) is 4.72. The number of amides is 2. The summed E-state index contributed by atoms with van der Waals surface area (Å²) in [6, 6.07) is 10.4. The maximum Gasteiger partial charge on any atom is 0.272 e. The lowest BCUT2D eigenvalue weighted by atomic mass is 9.99. The molecule has 2 heterocycles. The van der Waals surface area contributed by atoms with Crippen molar-refractivity contribution in [2.45, 2.75) is 38.6 Å². The minimum absolute atomic E-state index is 0.107. The molecule has 3 rings (SSSR count). The molecule has 2 aromatic rings. The summed E-state index contributed by atoms with van der Waals surface area (Å²) in [6.07, 6.45) is 5.61. The highest BCUT2D eigenvalue weighted by molar-refractivity contribution is 6.33. The number of carbonyl (C=O) groups is 2. The molecular weight excluding hydrogens is 350 g/mol. The number of halogens is 1. The molecule has 1 aliphatic rings. The molecule has 0 radical (unpaired) electrons. The highest BCUT2D eigenvalue weighted by Crippen LogP contribution is 2.23. The van der Waals surface area contributed by atoms with Gasteiger partial charge in [0.15, 0.2) is 0 Å². The van der Waals surface area contributed by atoms with E-state index < -0.39 is 0 Å². The Morgan fingerprint density at radius 2 is 2.08 bits per heavy atom. The Labute approximate surface area is 158 Å². The lowest BCUT2D eigenvalue weighted by molar-refractivity contribution is 0.0602. The van der Waals surface area contributed by atoms with Gasteiger partial charge in [-0.25, -0.2) is 0 Å². The largest absolute Gasteiger partial charge is 0.334 e. The molecule has 1 aliphatic heterocycles. The van der Waals surface area contributed by atoms with Crippen LogP contribution in [0.3, 0.4) is 0 Å². The van der Waals surface area contributed by atoms with E-state index in [4.69, 9.17) is 11.6 Å². The molecule has 1 aromatic heterocycles. The number of pyridine rings is 1. The lowest BCUT2D eigenvalue weighted by Gasteiger charge is -2.35. The predicted octanol–water partition coefficient (Wildman–Crippen LogP) is 4.39. The molecular formula is C20H22ClN3O2. The van der Waals surface area contributed by atoms with Crippen molar-refractivity contribution in [3.05, 3.63) is 58.9 Å². The van der Waals surface area contributed by atoms with E-state index >= 15 is 0 Å². The zero-order chi connectivity index (χ0) is 18.5. The Bertz CT molecular complexity index is 809. The van der Waals surface area contributed by atoms with Gasteiger partial charge in [-0.3, -0.25) is 14.6 Å². The Hall–Kier alpha value is -2.40. The highest BCUT2D eigenvalue weighted by Gasteiger charge is 2.27. The molecule has 1 unspecified atom stereocenters. The fourth-order valence-corrected chi connectivity index (χ4v) is 3.47. The number of anilines is 1. The van der Waals surface area contributed by atoms with Crippen LogP contribution in [-0.4, -0.2) is 34.3 Å². The van der Waals surface area contributed by atoms with E-state index in [0.717, 1.165) is 32.2 Å². The number of carbonyl (C=O) groups excluding carboxylic acids is 2. The standard InChI is InChI=1S/C20H22ClN3O2/c1-2-15-7-5-6-12-24(15)20(26)18-13-14(10-11-22-18)19(25)23-17-9-4-3-8-16(17)21/h3-4,8-11,13,15H,2,5-7,12H2,1H3,(H,23,25). The monoisotopic (exact) mass is 371 g/mol. The van der Waals surface area contributed by atoms with E-state index in [1.807, 2.05) is 4.90 Å². The normalized spacial score (nSPS) is 17.0. The van der Waals surface area contributed by atoms with Crippen molar-refractivity contribution in [1.29, 1.82) is 0 Å². The van der Waals surface area contributed by atoms with Crippen LogP contribution in [0.25, 0.3) is 0 Å². The van der Waals surface area contributed by atoms with Crippen molar-refractivity contribution in [2.75, 3.05) is 11.9 Å². The second kappa shape index (κ2) is 8.32. The second-order valence-corrected chi connectivity index (χ2v) is 6.83. The van der Waals surface area contributed by atoms with E-state index in [9.17, 15) is 9.59 Å². The summed E-state index contributed by atoms with van der Waals surface area (Å²) in [6.45, 7) is 2.84. The summed E-state index contributed by atoms with van der Waals surface area (Å²) in [7, 11) is 0. The summed E-state index contributed by atoms with van der Waals surface area (Å²) in [4.78, 5) is 31.5. The van der Waals surface area contributed by atoms with Crippen LogP contribution in [0.4, 0.5) is 5.69 Å². The summed E-state index contributed by atoms with van der Waals surface area (Å²) < 4.78 is 0. The summed E-state index contributed by atoms with van der Waals surface area (Å²) in [5, 5.41) is 3.23. The van der Waals surface area contributed by atoms with Gasteiger partial charge in [0.2, 0.25) is 0 Å². The maximum atomic E-state index is 12.9. The predicted molar refractivity (Wildman–Crippen MR) is 103 cm³/mol. The van der Waals surface area contributed by atoms with Gasteiger partial charge in [0.05, 0.1) is 10.7 Å². The van der Waals surface area contributed by atoms with Crippen molar-refractivity contribution in [2.24, 2.45) is 0 Å². The maximum absolute atomic E-state index is 12.9. The highest BCUT2D eigenvalue weighted by atomic mass is 35.5. The van der Waals surface area contributed by atoms with Gasteiger partial charge in [0.25, 0.3) is 11.8 Å². The molecule has 26 heavy (non-hydrogen) atoms. The molecule has 1 saturated heterocycles. The zero-order valence-corrected chi connectivity index (χ0v) is 15.5.